The van der Waals surface area contributed by atoms with Crippen molar-refractivity contribution in [2.45, 2.75) is 12.8 Å². The van der Waals surface area contributed by atoms with Crippen molar-refractivity contribution in [3.8, 4) is 23.0 Å². The highest BCUT2D eigenvalue weighted by Crippen LogP contribution is 2.32. The first-order valence-corrected chi connectivity index (χ1v) is 6.48. The fourth-order valence-electron chi connectivity index (χ4n) is 1.86. The van der Waals surface area contributed by atoms with Crippen molar-refractivity contribution >= 4 is 0 Å². The second kappa shape index (κ2) is 6.91. The van der Waals surface area contributed by atoms with Gasteiger partial charge in [0.05, 0.1) is 19.8 Å². The second-order valence-corrected chi connectivity index (χ2v) is 4.27. The Morgan fingerprint density at radius 2 is 2.05 bits per heavy atom. The minimum Gasteiger partial charge on any atom is -0.497 e. The minimum absolute atomic E-state index is 0.462. The maximum absolute atomic E-state index is 5.66. The first-order chi connectivity index (χ1) is 9.78. The van der Waals surface area contributed by atoms with Crippen molar-refractivity contribution in [2.75, 3.05) is 27.8 Å². The van der Waals surface area contributed by atoms with E-state index in [1.165, 1.54) is 0 Å². The molecule has 0 saturated heterocycles. The maximum atomic E-state index is 5.66. The van der Waals surface area contributed by atoms with Gasteiger partial charge in [-0.05, 0) is 32.1 Å². The summed E-state index contributed by atoms with van der Waals surface area (Å²) < 4.78 is 16.2. The lowest BCUT2D eigenvalue weighted by atomic mass is 10.2. The molecule has 0 aliphatic carbocycles. The molecule has 0 bridgehead atoms. The third-order valence-electron chi connectivity index (χ3n) is 2.92. The number of benzene rings is 1. The lowest BCUT2D eigenvalue weighted by molar-refractivity contribution is 0.394. The lowest BCUT2D eigenvalue weighted by Crippen LogP contribution is -2.08. The van der Waals surface area contributed by atoms with E-state index in [1.807, 2.05) is 19.2 Å². The number of hydrogen-bond donors (Lipinski definition) is 1. The molecule has 0 fully saturated rings. The fourth-order valence-corrected chi connectivity index (χ4v) is 1.86. The molecule has 1 N–H and O–H groups in total. The summed E-state index contributed by atoms with van der Waals surface area (Å²) in [5.41, 5.74) is 0.765. The average Bonchev–Trinajstić information content (AvgIpc) is 2.95. The zero-order valence-corrected chi connectivity index (χ0v) is 12.0. The number of nitrogens with one attached hydrogen (secondary N) is 1. The van der Waals surface area contributed by atoms with E-state index in [9.17, 15) is 0 Å². The normalized spacial score (nSPS) is 10.6. The van der Waals surface area contributed by atoms with Gasteiger partial charge < -0.3 is 19.2 Å². The summed E-state index contributed by atoms with van der Waals surface area (Å²) in [5, 5.41) is 11.2. The molecule has 0 aliphatic rings. The molecule has 0 amide bonds. The van der Waals surface area contributed by atoms with Crippen LogP contribution >= 0.6 is 0 Å². The van der Waals surface area contributed by atoms with E-state index in [4.69, 9.17) is 13.9 Å². The molecular formula is C14H19N3O3. The predicted molar refractivity (Wildman–Crippen MR) is 75.1 cm³/mol. The molecule has 0 aliphatic heterocycles. The molecule has 0 radical (unpaired) electrons. The van der Waals surface area contributed by atoms with Crippen molar-refractivity contribution < 1.29 is 13.9 Å². The average molecular weight is 277 g/mol. The van der Waals surface area contributed by atoms with Gasteiger partial charge in [0.25, 0.3) is 5.89 Å². The Morgan fingerprint density at radius 1 is 1.20 bits per heavy atom. The summed E-state index contributed by atoms with van der Waals surface area (Å²) in [6.45, 7) is 0.920. The van der Waals surface area contributed by atoms with E-state index in [1.54, 1.807) is 20.3 Å². The van der Waals surface area contributed by atoms with E-state index in [0.717, 1.165) is 30.7 Å². The van der Waals surface area contributed by atoms with Crippen LogP contribution in [-0.2, 0) is 6.42 Å². The zero-order chi connectivity index (χ0) is 14.4. The smallest absolute Gasteiger partial charge is 0.251 e. The van der Waals surface area contributed by atoms with Gasteiger partial charge in [-0.2, -0.15) is 0 Å². The third-order valence-corrected chi connectivity index (χ3v) is 2.92. The summed E-state index contributed by atoms with van der Waals surface area (Å²) in [5.74, 6) is 2.46. The van der Waals surface area contributed by atoms with Crippen LogP contribution in [0, 0.1) is 0 Å². The van der Waals surface area contributed by atoms with Gasteiger partial charge in [-0.25, -0.2) is 0 Å². The highest BCUT2D eigenvalue weighted by atomic mass is 16.5. The van der Waals surface area contributed by atoms with Gasteiger partial charge >= 0.3 is 0 Å². The van der Waals surface area contributed by atoms with Crippen LogP contribution in [0.5, 0.6) is 11.5 Å². The van der Waals surface area contributed by atoms with Crippen LogP contribution in [-0.4, -0.2) is 38.0 Å². The first-order valence-electron chi connectivity index (χ1n) is 6.48. The number of methoxy groups -OCH3 is 2. The summed E-state index contributed by atoms with van der Waals surface area (Å²) >= 11 is 0. The van der Waals surface area contributed by atoms with Crippen molar-refractivity contribution in [3.05, 3.63) is 24.1 Å². The van der Waals surface area contributed by atoms with Crippen LogP contribution in [0.1, 0.15) is 12.3 Å². The Balaban J connectivity index is 2.18. The summed E-state index contributed by atoms with van der Waals surface area (Å²) in [6, 6.07) is 5.48. The van der Waals surface area contributed by atoms with E-state index < -0.39 is 0 Å². The second-order valence-electron chi connectivity index (χ2n) is 4.27. The van der Waals surface area contributed by atoms with Crippen LogP contribution < -0.4 is 14.8 Å². The van der Waals surface area contributed by atoms with E-state index >= 15 is 0 Å². The molecule has 0 spiro atoms. The lowest BCUT2D eigenvalue weighted by Gasteiger charge is -2.07. The quantitative estimate of drug-likeness (QED) is 0.780. The van der Waals surface area contributed by atoms with Crippen LogP contribution in [0.3, 0.4) is 0 Å². The maximum Gasteiger partial charge on any atom is 0.251 e. The van der Waals surface area contributed by atoms with Gasteiger partial charge in [0.15, 0.2) is 0 Å². The van der Waals surface area contributed by atoms with E-state index in [0.29, 0.717) is 17.5 Å². The Hall–Kier alpha value is -2.08. The Kier molecular flexibility index (Phi) is 4.95. The van der Waals surface area contributed by atoms with Gasteiger partial charge in [0, 0.05) is 12.5 Å². The van der Waals surface area contributed by atoms with Crippen molar-refractivity contribution in [1.29, 1.82) is 0 Å². The van der Waals surface area contributed by atoms with Gasteiger partial charge in [-0.3, -0.25) is 0 Å². The molecular weight excluding hydrogens is 258 g/mol. The predicted octanol–water partition coefficient (Wildman–Crippen LogP) is 1.91. The van der Waals surface area contributed by atoms with Gasteiger partial charge in [-0.1, -0.05) is 0 Å². The molecule has 0 atom stereocenters. The number of aryl methyl sites for hydroxylation is 1. The summed E-state index contributed by atoms with van der Waals surface area (Å²) in [6.07, 6.45) is 1.71. The van der Waals surface area contributed by atoms with Crippen LogP contribution in [0.4, 0.5) is 0 Å². The molecule has 0 saturated carbocycles. The van der Waals surface area contributed by atoms with Crippen molar-refractivity contribution in [3.63, 3.8) is 0 Å². The topological polar surface area (TPSA) is 69.4 Å². The number of hydrogen-bond acceptors (Lipinski definition) is 6. The monoisotopic (exact) mass is 277 g/mol. The minimum atomic E-state index is 0.462. The number of aromatic nitrogens is 2. The van der Waals surface area contributed by atoms with Gasteiger partial charge in [0.1, 0.15) is 11.5 Å². The molecule has 108 valence electrons. The Bertz CT molecular complexity index is 554. The SMILES string of the molecule is CNCCCc1nnc(-c2ccc(OC)cc2OC)o1. The highest BCUT2D eigenvalue weighted by Gasteiger charge is 2.14. The highest BCUT2D eigenvalue weighted by molar-refractivity contribution is 5.64. The number of ether oxygens (including phenoxy) is 2. The number of nitrogens with zero attached hydrogens (tertiary/aromatic N) is 2. The molecule has 1 aromatic heterocycles. The first kappa shape index (κ1) is 14.3. The van der Waals surface area contributed by atoms with Crippen LogP contribution in [0.15, 0.2) is 22.6 Å². The molecule has 1 aromatic carbocycles. The van der Waals surface area contributed by atoms with Gasteiger partial charge in [-0.15, -0.1) is 10.2 Å². The van der Waals surface area contributed by atoms with Crippen LogP contribution in [0.25, 0.3) is 11.5 Å². The molecule has 2 aromatic rings. The standard InChI is InChI=1S/C14H19N3O3/c1-15-8-4-5-13-16-17-14(20-13)11-7-6-10(18-2)9-12(11)19-3/h6-7,9,15H,4-5,8H2,1-3H3. The summed E-state index contributed by atoms with van der Waals surface area (Å²) in [4.78, 5) is 0. The molecule has 0 unspecified atom stereocenters. The van der Waals surface area contributed by atoms with E-state index in [2.05, 4.69) is 15.5 Å². The van der Waals surface area contributed by atoms with Crippen LogP contribution in [0.2, 0.25) is 0 Å². The number of rotatable bonds is 7. The molecule has 2 rings (SSSR count). The van der Waals surface area contributed by atoms with Crippen molar-refractivity contribution in [2.24, 2.45) is 0 Å². The summed E-state index contributed by atoms with van der Waals surface area (Å²) in [7, 11) is 5.13. The fraction of sp³-hybridized carbons (Fsp3) is 0.429. The van der Waals surface area contributed by atoms with Gasteiger partial charge in [0.2, 0.25) is 5.89 Å². The Labute approximate surface area is 118 Å². The molecule has 6 nitrogen and oxygen atoms in total. The molecule has 20 heavy (non-hydrogen) atoms. The molecule has 1 heterocycles. The van der Waals surface area contributed by atoms with Crippen molar-refractivity contribution in [1.82, 2.24) is 15.5 Å². The Morgan fingerprint density at radius 3 is 2.75 bits per heavy atom. The van der Waals surface area contributed by atoms with E-state index in [-0.39, 0.29) is 0 Å². The molecule has 6 heteroatoms. The third kappa shape index (κ3) is 3.27. The zero-order valence-electron chi connectivity index (χ0n) is 12.0. The largest absolute Gasteiger partial charge is 0.497 e.